The summed E-state index contributed by atoms with van der Waals surface area (Å²) in [5.41, 5.74) is 2.39. The third-order valence-electron chi connectivity index (χ3n) is 3.34. The number of aromatic nitrogens is 1. The number of carbonyl (C=O) groups is 1. The number of aryl methyl sites for hydroxylation is 1. The minimum absolute atomic E-state index is 0.243. The zero-order chi connectivity index (χ0) is 16.2. The van der Waals surface area contributed by atoms with Crippen molar-refractivity contribution in [2.24, 2.45) is 0 Å². The number of nitrogens with zero attached hydrogens (tertiary/aromatic N) is 1. The molecule has 23 heavy (non-hydrogen) atoms. The molecule has 0 saturated carbocycles. The Labute approximate surface area is 138 Å². The summed E-state index contributed by atoms with van der Waals surface area (Å²) in [7, 11) is 0. The van der Waals surface area contributed by atoms with E-state index in [0.29, 0.717) is 35.4 Å². The van der Waals surface area contributed by atoms with Gasteiger partial charge in [0.15, 0.2) is 11.5 Å². The van der Waals surface area contributed by atoms with E-state index < -0.39 is 0 Å². The molecule has 0 unspecified atom stereocenters. The average Bonchev–Trinajstić information content (AvgIpc) is 2.55. The molecule has 1 aliphatic rings. The number of fused-ring (bicyclic) bond motifs is 1. The van der Waals surface area contributed by atoms with E-state index in [4.69, 9.17) is 21.1 Å². The van der Waals surface area contributed by atoms with Crippen LogP contribution in [0.4, 0.5) is 5.69 Å². The predicted molar refractivity (Wildman–Crippen MR) is 89.1 cm³/mol. The number of anilines is 1. The second-order valence-corrected chi connectivity index (χ2v) is 5.45. The first-order valence-corrected chi connectivity index (χ1v) is 7.50. The number of hydrogen-bond donors (Lipinski definition) is 1. The lowest BCUT2D eigenvalue weighted by molar-refractivity contribution is -0.111. The fourth-order valence-corrected chi connectivity index (χ4v) is 2.44. The van der Waals surface area contributed by atoms with E-state index in [9.17, 15) is 4.79 Å². The van der Waals surface area contributed by atoms with Crippen LogP contribution >= 0.6 is 11.6 Å². The molecule has 3 rings (SSSR count). The van der Waals surface area contributed by atoms with Gasteiger partial charge in [-0.3, -0.25) is 9.78 Å². The Hall–Kier alpha value is -2.53. The van der Waals surface area contributed by atoms with Gasteiger partial charge in [-0.2, -0.15) is 0 Å². The molecule has 1 N–H and O–H groups in total. The van der Waals surface area contributed by atoms with Crippen molar-refractivity contribution in [2.75, 3.05) is 18.5 Å². The predicted octanol–water partition coefficient (Wildman–Crippen LogP) is 3.47. The summed E-state index contributed by atoms with van der Waals surface area (Å²) >= 11 is 6.17. The molecule has 2 heterocycles. The summed E-state index contributed by atoms with van der Waals surface area (Å²) in [5, 5.41) is 3.24. The third-order valence-corrected chi connectivity index (χ3v) is 3.62. The van der Waals surface area contributed by atoms with Crippen LogP contribution in [0.3, 0.4) is 0 Å². The highest BCUT2D eigenvalue weighted by Gasteiger charge is 2.15. The zero-order valence-corrected chi connectivity index (χ0v) is 13.3. The minimum atomic E-state index is -0.243. The highest BCUT2D eigenvalue weighted by Crippen LogP contribution is 2.38. The lowest BCUT2D eigenvalue weighted by Gasteiger charge is -2.19. The van der Waals surface area contributed by atoms with Crippen molar-refractivity contribution in [3.05, 3.63) is 52.8 Å². The summed E-state index contributed by atoms with van der Waals surface area (Å²) in [6.07, 6.45) is 6.40. The maximum atomic E-state index is 12.0. The zero-order valence-electron chi connectivity index (χ0n) is 12.5. The van der Waals surface area contributed by atoms with E-state index in [1.165, 1.54) is 6.08 Å². The van der Waals surface area contributed by atoms with Crippen LogP contribution in [-0.2, 0) is 4.79 Å². The molecule has 0 bridgehead atoms. The van der Waals surface area contributed by atoms with E-state index in [-0.39, 0.29) is 5.91 Å². The van der Waals surface area contributed by atoms with Gasteiger partial charge in [0.2, 0.25) is 5.91 Å². The molecule has 2 aromatic rings. The lowest BCUT2D eigenvalue weighted by Crippen LogP contribution is -2.15. The van der Waals surface area contributed by atoms with Crippen LogP contribution in [0, 0.1) is 6.92 Å². The Kier molecular flexibility index (Phi) is 4.48. The SMILES string of the molecule is Cc1ccncc1NC(=O)/C=C/c1cc(Cl)c2c(c1)OCCO2. The van der Waals surface area contributed by atoms with Crippen molar-refractivity contribution in [3.63, 3.8) is 0 Å². The molecule has 0 saturated heterocycles. The van der Waals surface area contributed by atoms with Gasteiger partial charge in [0.25, 0.3) is 0 Å². The fourth-order valence-electron chi connectivity index (χ4n) is 2.17. The number of hydrogen-bond acceptors (Lipinski definition) is 4. The van der Waals surface area contributed by atoms with E-state index >= 15 is 0 Å². The van der Waals surface area contributed by atoms with E-state index in [1.807, 2.05) is 13.0 Å². The van der Waals surface area contributed by atoms with Gasteiger partial charge in [0.05, 0.1) is 16.9 Å². The second kappa shape index (κ2) is 6.71. The van der Waals surface area contributed by atoms with Crippen molar-refractivity contribution >= 4 is 29.3 Å². The summed E-state index contributed by atoms with van der Waals surface area (Å²) < 4.78 is 11.0. The molecule has 0 radical (unpaired) electrons. The summed E-state index contributed by atoms with van der Waals surface area (Å²) in [6, 6.07) is 5.35. The molecule has 0 atom stereocenters. The summed E-state index contributed by atoms with van der Waals surface area (Å²) in [4.78, 5) is 16.0. The summed E-state index contributed by atoms with van der Waals surface area (Å²) in [6.45, 7) is 2.87. The standard InChI is InChI=1S/C17H15ClN2O3/c1-11-4-5-19-10-14(11)20-16(21)3-2-12-8-13(18)17-15(9-12)22-6-7-23-17/h2-5,8-10H,6-7H2,1H3,(H,20,21)/b3-2+. The van der Waals surface area contributed by atoms with E-state index in [1.54, 1.807) is 30.6 Å². The molecule has 1 amide bonds. The first kappa shape index (κ1) is 15.4. The van der Waals surface area contributed by atoms with Gasteiger partial charge in [-0.15, -0.1) is 0 Å². The van der Waals surface area contributed by atoms with Gasteiger partial charge in [0.1, 0.15) is 13.2 Å². The topological polar surface area (TPSA) is 60.5 Å². The number of carbonyl (C=O) groups excluding carboxylic acids is 1. The summed E-state index contributed by atoms with van der Waals surface area (Å²) in [5.74, 6) is 0.893. The van der Waals surface area contributed by atoms with Gasteiger partial charge in [-0.05, 0) is 42.3 Å². The van der Waals surface area contributed by atoms with Crippen LogP contribution in [0.15, 0.2) is 36.7 Å². The Morgan fingerprint density at radius 3 is 3.00 bits per heavy atom. The van der Waals surface area contributed by atoms with E-state index in [0.717, 1.165) is 11.1 Å². The molecule has 1 aromatic carbocycles. The van der Waals surface area contributed by atoms with Crippen LogP contribution < -0.4 is 14.8 Å². The Morgan fingerprint density at radius 2 is 2.17 bits per heavy atom. The van der Waals surface area contributed by atoms with Crippen LogP contribution in [0.25, 0.3) is 6.08 Å². The molecule has 118 valence electrons. The van der Waals surface area contributed by atoms with Gasteiger partial charge >= 0.3 is 0 Å². The molecular weight excluding hydrogens is 316 g/mol. The normalized spacial score (nSPS) is 13.1. The van der Waals surface area contributed by atoms with Crippen LogP contribution in [-0.4, -0.2) is 24.1 Å². The first-order valence-electron chi connectivity index (χ1n) is 7.12. The number of pyridine rings is 1. The number of benzene rings is 1. The monoisotopic (exact) mass is 330 g/mol. The third kappa shape index (κ3) is 3.63. The highest BCUT2D eigenvalue weighted by atomic mass is 35.5. The van der Waals surface area contributed by atoms with Crippen molar-refractivity contribution in [2.45, 2.75) is 6.92 Å². The van der Waals surface area contributed by atoms with Gasteiger partial charge in [-0.1, -0.05) is 11.6 Å². The maximum Gasteiger partial charge on any atom is 0.248 e. The van der Waals surface area contributed by atoms with Crippen molar-refractivity contribution < 1.29 is 14.3 Å². The molecule has 1 aliphatic heterocycles. The van der Waals surface area contributed by atoms with Crippen molar-refractivity contribution in [1.29, 1.82) is 0 Å². The molecule has 0 aliphatic carbocycles. The number of amides is 1. The molecular formula is C17H15ClN2O3. The number of halogens is 1. The molecule has 0 fully saturated rings. The molecule has 1 aromatic heterocycles. The Morgan fingerprint density at radius 1 is 1.35 bits per heavy atom. The Bertz CT molecular complexity index is 774. The Balaban J connectivity index is 1.74. The minimum Gasteiger partial charge on any atom is -0.486 e. The van der Waals surface area contributed by atoms with Gasteiger partial charge in [-0.25, -0.2) is 0 Å². The van der Waals surface area contributed by atoms with Crippen LogP contribution in [0.5, 0.6) is 11.5 Å². The number of ether oxygens (including phenoxy) is 2. The van der Waals surface area contributed by atoms with Crippen LogP contribution in [0.2, 0.25) is 5.02 Å². The fraction of sp³-hybridized carbons (Fsp3) is 0.176. The number of nitrogens with one attached hydrogen (secondary N) is 1. The average molecular weight is 331 g/mol. The smallest absolute Gasteiger partial charge is 0.248 e. The van der Waals surface area contributed by atoms with Gasteiger partial charge < -0.3 is 14.8 Å². The highest BCUT2D eigenvalue weighted by molar-refractivity contribution is 6.32. The first-order chi connectivity index (χ1) is 11.1. The quantitative estimate of drug-likeness (QED) is 0.875. The maximum absolute atomic E-state index is 12.0. The molecule has 6 heteroatoms. The largest absolute Gasteiger partial charge is 0.486 e. The van der Waals surface area contributed by atoms with Crippen LogP contribution in [0.1, 0.15) is 11.1 Å². The van der Waals surface area contributed by atoms with Gasteiger partial charge in [0, 0.05) is 12.3 Å². The van der Waals surface area contributed by atoms with Crippen molar-refractivity contribution in [1.82, 2.24) is 4.98 Å². The van der Waals surface area contributed by atoms with E-state index in [2.05, 4.69) is 10.3 Å². The second-order valence-electron chi connectivity index (χ2n) is 5.04. The lowest BCUT2D eigenvalue weighted by atomic mass is 10.1. The number of rotatable bonds is 3. The van der Waals surface area contributed by atoms with Crippen molar-refractivity contribution in [3.8, 4) is 11.5 Å². The molecule has 5 nitrogen and oxygen atoms in total. The molecule has 0 spiro atoms.